The van der Waals surface area contributed by atoms with Crippen molar-refractivity contribution in [1.29, 1.82) is 0 Å². The van der Waals surface area contributed by atoms with E-state index in [2.05, 4.69) is 9.98 Å². The number of rotatable bonds is 3. The molecular weight excluding hydrogens is 437 g/mol. The summed E-state index contributed by atoms with van der Waals surface area (Å²) in [6.45, 7) is 1.31. The number of fused-ring (bicyclic) bond motifs is 1. The van der Waals surface area contributed by atoms with Crippen LogP contribution in [0.4, 0.5) is 4.79 Å². The Balaban J connectivity index is 1.69. The van der Waals surface area contributed by atoms with Gasteiger partial charge in [-0.2, -0.15) is 9.72 Å². The molecule has 11 heteroatoms. The van der Waals surface area contributed by atoms with Gasteiger partial charge in [0.05, 0.1) is 41.1 Å². The lowest BCUT2D eigenvalue weighted by atomic mass is 9.97. The molecule has 158 valence electrons. The van der Waals surface area contributed by atoms with Gasteiger partial charge in [0.1, 0.15) is 11.1 Å². The Kier molecular flexibility index (Phi) is 5.85. The number of halogens is 2. The van der Waals surface area contributed by atoms with Crippen LogP contribution in [0.5, 0.6) is 11.6 Å². The number of furan rings is 1. The van der Waals surface area contributed by atoms with Crippen LogP contribution in [-0.2, 0) is 4.74 Å². The first-order valence-electron chi connectivity index (χ1n) is 9.03. The molecule has 4 heterocycles. The highest BCUT2D eigenvalue weighted by Crippen LogP contribution is 2.38. The molecule has 1 aliphatic heterocycles. The number of hydrogen-bond donors (Lipinski definition) is 1. The van der Waals surface area contributed by atoms with E-state index in [1.807, 2.05) is 6.07 Å². The lowest BCUT2D eigenvalue weighted by molar-refractivity contribution is 0.0810. The van der Waals surface area contributed by atoms with Crippen LogP contribution in [0.3, 0.4) is 0 Å². The Labute approximate surface area is 180 Å². The lowest BCUT2D eigenvalue weighted by Crippen LogP contribution is -2.14. The Morgan fingerprint density at radius 3 is 2.67 bits per heavy atom. The highest BCUT2D eigenvalue weighted by atomic mass is 35.5. The molecule has 0 atom stereocenters. The fourth-order valence-electron chi connectivity index (χ4n) is 3.23. The molecule has 4 rings (SSSR count). The van der Waals surface area contributed by atoms with Gasteiger partial charge >= 0.3 is 6.09 Å². The Hall–Kier alpha value is -2.75. The number of amides is 1. The fourth-order valence-corrected chi connectivity index (χ4v) is 3.76. The summed E-state index contributed by atoms with van der Waals surface area (Å²) in [4.78, 5) is 20.3. The van der Waals surface area contributed by atoms with E-state index in [0.29, 0.717) is 28.9 Å². The van der Waals surface area contributed by atoms with Gasteiger partial charge in [0.2, 0.25) is 0 Å². The molecular formula is C19H17Cl2N3O6. The topological polar surface area (TPSA) is 108 Å². The normalized spacial score (nSPS) is 14.6. The summed E-state index contributed by atoms with van der Waals surface area (Å²) < 4.78 is 22.7. The van der Waals surface area contributed by atoms with Gasteiger partial charge < -0.3 is 23.8 Å². The molecule has 9 nitrogen and oxygen atoms in total. The van der Waals surface area contributed by atoms with Gasteiger partial charge in [-0.05, 0) is 18.9 Å². The highest BCUT2D eigenvalue weighted by Gasteiger charge is 2.23. The summed E-state index contributed by atoms with van der Waals surface area (Å²) >= 11 is 12.0. The average Bonchev–Trinajstić information content (AvgIpc) is 3.17. The second-order valence-corrected chi connectivity index (χ2v) is 7.39. The number of carbonyl (C=O) groups is 1. The van der Waals surface area contributed by atoms with Gasteiger partial charge in [-0.3, -0.25) is 0 Å². The Bertz CT molecular complexity index is 1140. The van der Waals surface area contributed by atoms with Gasteiger partial charge in [0.25, 0.3) is 5.88 Å². The first-order valence-corrected chi connectivity index (χ1v) is 9.79. The molecule has 0 spiro atoms. The first-order chi connectivity index (χ1) is 14.5. The minimum absolute atomic E-state index is 0.0231. The minimum Gasteiger partial charge on any atom is -0.478 e. The number of pyridine rings is 2. The molecule has 0 unspecified atom stereocenters. The minimum atomic E-state index is -0.962. The number of carbonyl (C=O) groups excluding carboxylic acids is 1. The maximum absolute atomic E-state index is 12.4. The molecule has 0 bridgehead atoms. The van der Waals surface area contributed by atoms with Gasteiger partial charge in [0, 0.05) is 19.1 Å². The third kappa shape index (κ3) is 4.09. The van der Waals surface area contributed by atoms with Gasteiger partial charge in [-0.1, -0.05) is 23.2 Å². The van der Waals surface area contributed by atoms with Crippen molar-refractivity contribution in [2.45, 2.75) is 18.8 Å². The summed E-state index contributed by atoms with van der Waals surface area (Å²) in [5, 5.41) is 9.88. The van der Waals surface area contributed by atoms with Crippen molar-refractivity contribution >= 4 is 40.3 Å². The molecule has 0 aliphatic carbocycles. The molecule has 30 heavy (non-hydrogen) atoms. The summed E-state index contributed by atoms with van der Waals surface area (Å²) in [7, 11) is 1.48. The first kappa shape index (κ1) is 20.5. The van der Waals surface area contributed by atoms with E-state index in [1.165, 1.54) is 13.3 Å². The second kappa shape index (κ2) is 8.55. The second-order valence-electron chi connectivity index (χ2n) is 6.57. The van der Waals surface area contributed by atoms with Crippen molar-refractivity contribution in [2.75, 3.05) is 20.3 Å². The van der Waals surface area contributed by atoms with Crippen LogP contribution in [0, 0.1) is 0 Å². The third-order valence-corrected chi connectivity index (χ3v) is 5.22. The third-order valence-electron chi connectivity index (χ3n) is 4.67. The summed E-state index contributed by atoms with van der Waals surface area (Å²) in [5.41, 5.74) is 0.376. The molecule has 1 amide bonds. The maximum Gasteiger partial charge on any atom is 0.439 e. The van der Waals surface area contributed by atoms with Crippen LogP contribution in [0.1, 0.15) is 24.5 Å². The molecule has 1 N–H and O–H groups in total. The molecule has 3 aromatic rings. The quantitative estimate of drug-likeness (QED) is 0.592. The van der Waals surface area contributed by atoms with Crippen molar-refractivity contribution in [3.8, 4) is 11.6 Å². The number of hydrogen-bond acceptors (Lipinski definition) is 7. The maximum atomic E-state index is 12.4. The van der Waals surface area contributed by atoms with E-state index in [9.17, 15) is 10.0 Å². The monoisotopic (exact) mass is 453 g/mol. The number of methoxy groups -OCH3 is 1. The van der Waals surface area contributed by atoms with E-state index in [-0.39, 0.29) is 32.9 Å². The van der Waals surface area contributed by atoms with E-state index in [1.54, 1.807) is 0 Å². The molecule has 0 radical (unpaired) electrons. The van der Waals surface area contributed by atoms with Crippen LogP contribution < -0.4 is 14.8 Å². The van der Waals surface area contributed by atoms with Gasteiger partial charge in [0.15, 0.2) is 11.3 Å². The van der Waals surface area contributed by atoms with Crippen LogP contribution >= 0.6 is 23.2 Å². The van der Waals surface area contributed by atoms with Crippen molar-refractivity contribution in [3.63, 3.8) is 0 Å². The van der Waals surface area contributed by atoms with Crippen molar-refractivity contribution in [1.82, 2.24) is 9.71 Å². The molecule has 3 aromatic heterocycles. The lowest BCUT2D eigenvalue weighted by Gasteiger charge is -2.19. The highest BCUT2D eigenvalue weighted by molar-refractivity contribution is 6.34. The number of ether oxygens (including phenoxy) is 3. The zero-order chi connectivity index (χ0) is 21.3. The summed E-state index contributed by atoms with van der Waals surface area (Å²) in [5.74, 6) is 1.37. The number of aromatic nitrogens is 2. The van der Waals surface area contributed by atoms with Gasteiger partial charge in [-0.15, -0.1) is 0 Å². The van der Waals surface area contributed by atoms with E-state index >= 15 is 0 Å². The van der Waals surface area contributed by atoms with Crippen molar-refractivity contribution in [2.24, 2.45) is 4.99 Å². The Morgan fingerprint density at radius 2 is 2.00 bits per heavy atom. The largest absolute Gasteiger partial charge is 0.478 e. The van der Waals surface area contributed by atoms with Crippen LogP contribution in [0.25, 0.3) is 11.0 Å². The average molecular weight is 454 g/mol. The van der Waals surface area contributed by atoms with Crippen molar-refractivity contribution in [3.05, 3.63) is 45.8 Å². The van der Waals surface area contributed by atoms with E-state index in [0.717, 1.165) is 31.0 Å². The Morgan fingerprint density at radius 1 is 1.30 bits per heavy atom. The smallest absolute Gasteiger partial charge is 0.439 e. The number of nitrogens with zero attached hydrogens (tertiary/aromatic N) is 3. The summed E-state index contributed by atoms with van der Waals surface area (Å²) in [6.07, 6.45) is 4.34. The van der Waals surface area contributed by atoms with E-state index < -0.39 is 6.09 Å². The predicted molar refractivity (Wildman–Crippen MR) is 107 cm³/mol. The van der Waals surface area contributed by atoms with Crippen molar-refractivity contribution < 1.29 is 28.6 Å². The van der Waals surface area contributed by atoms with Gasteiger partial charge in [-0.25, -0.2) is 9.78 Å². The molecule has 1 aliphatic rings. The van der Waals surface area contributed by atoms with E-state index in [4.69, 9.17) is 41.8 Å². The fraction of sp³-hybridized carbons (Fsp3) is 0.316. The molecule has 0 aromatic carbocycles. The molecule has 1 fully saturated rings. The van der Waals surface area contributed by atoms with Crippen LogP contribution in [0.15, 0.2) is 34.1 Å². The SMILES string of the molecule is COc1ncc(OC(=O)N=c2c(Cl)cn(O)cc2Cl)c2cc(C3CCOCC3)oc12. The molecule has 0 saturated carbocycles. The zero-order valence-electron chi connectivity index (χ0n) is 15.8. The molecule has 1 saturated heterocycles. The predicted octanol–water partition coefficient (Wildman–Crippen LogP) is 4.18. The summed E-state index contributed by atoms with van der Waals surface area (Å²) in [6, 6.07) is 1.81. The standard InChI is InChI=1S/C19H17Cl2N3O6/c1-27-18-17-11(6-14(29-17)10-2-4-28-5-3-10)15(7-22-18)30-19(25)23-16-12(20)8-24(26)9-13(16)21/h6-10,26H,2-5H2,1H3. The van der Waals surface area contributed by atoms with Crippen LogP contribution in [-0.4, -0.2) is 41.3 Å². The zero-order valence-corrected chi connectivity index (χ0v) is 17.3. The van der Waals surface area contributed by atoms with Crippen LogP contribution in [0.2, 0.25) is 10.0 Å².